The molecule has 3 N–H and O–H groups in total. The zero-order valence-electron chi connectivity index (χ0n) is 14.6. The van der Waals surface area contributed by atoms with E-state index in [4.69, 9.17) is 0 Å². The molecule has 24 heavy (non-hydrogen) atoms. The molecule has 0 bridgehead atoms. The Kier molecular flexibility index (Phi) is 5.50. The third kappa shape index (κ3) is 4.13. The minimum atomic E-state index is -1.29. The summed E-state index contributed by atoms with van der Waals surface area (Å²) in [5, 5.41) is 20.8. The number of piperidine rings is 1. The Hall–Kier alpha value is -1.47. The molecule has 7 nitrogen and oxygen atoms in total. The van der Waals surface area contributed by atoms with E-state index in [0.717, 1.165) is 25.3 Å². The van der Waals surface area contributed by atoms with Crippen LogP contribution in [0.3, 0.4) is 0 Å². The number of H-pyrrole nitrogens is 1. The van der Waals surface area contributed by atoms with Crippen LogP contribution in [0.15, 0.2) is 0 Å². The van der Waals surface area contributed by atoms with E-state index in [1.54, 1.807) is 0 Å². The zero-order valence-corrected chi connectivity index (χ0v) is 14.6. The van der Waals surface area contributed by atoms with Gasteiger partial charge in [0, 0.05) is 19.6 Å². The van der Waals surface area contributed by atoms with Gasteiger partial charge in [0.05, 0.1) is 6.54 Å². The SMILES string of the molecule is Cc1nc(CNCC2(O)CCCN(CC3CCCCC3)C2=O)n[nH]1. The number of hydrogen-bond acceptors (Lipinski definition) is 5. The van der Waals surface area contributed by atoms with Gasteiger partial charge in [0.1, 0.15) is 5.82 Å². The second kappa shape index (κ2) is 7.61. The highest BCUT2D eigenvalue weighted by Crippen LogP contribution is 2.28. The quantitative estimate of drug-likeness (QED) is 0.725. The van der Waals surface area contributed by atoms with E-state index < -0.39 is 5.60 Å². The second-order valence-electron chi connectivity index (χ2n) is 7.33. The summed E-state index contributed by atoms with van der Waals surface area (Å²) < 4.78 is 0. The number of aromatic nitrogens is 3. The molecule has 0 radical (unpaired) electrons. The number of carbonyl (C=O) groups excluding carboxylic acids is 1. The molecule has 0 spiro atoms. The molecule has 134 valence electrons. The van der Waals surface area contributed by atoms with Crippen molar-refractivity contribution in [2.75, 3.05) is 19.6 Å². The molecule has 1 atom stereocenters. The fraction of sp³-hybridized carbons (Fsp3) is 0.824. The molecule has 0 aromatic carbocycles. The Morgan fingerprint density at radius 3 is 2.83 bits per heavy atom. The van der Waals surface area contributed by atoms with Crippen molar-refractivity contribution in [1.82, 2.24) is 25.4 Å². The molecule has 1 aromatic heterocycles. The van der Waals surface area contributed by atoms with Crippen molar-refractivity contribution in [1.29, 1.82) is 0 Å². The number of nitrogens with zero attached hydrogens (tertiary/aromatic N) is 3. The Balaban J connectivity index is 1.52. The predicted octanol–water partition coefficient (Wildman–Crippen LogP) is 1.14. The number of carbonyl (C=O) groups is 1. The monoisotopic (exact) mass is 335 g/mol. The summed E-state index contributed by atoms with van der Waals surface area (Å²) in [5.74, 6) is 1.91. The fourth-order valence-electron chi connectivity index (χ4n) is 3.93. The number of likely N-dealkylation sites (tertiary alicyclic amines) is 1. The first-order valence-electron chi connectivity index (χ1n) is 9.17. The van der Waals surface area contributed by atoms with Crippen LogP contribution >= 0.6 is 0 Å². The van der Waals surface area contributed by atoms with Gasteiger partial charge in [-0.1, -0.05) is 19.3 Å². The van der Waals surface area contributed by atoms with E-state index in [-0.39, 0.29) is 12.5 Å². The van der Waals surface area contributed by atoms with Crippen LogP contribution in [0.2, 0.25) is 0 Å². The highest BCUT2D eigenvalue weighted by atomic mass is 16.3. The minimum Gasteiger partial charge on any atom is -0.379 e. The number of hydrogen-bond donors (Lipinski definition) is 3. The smallest absolute Gasteiger partial charge is 0.255 e. The number of amides is 1. The lowest BCUT2D eigenvalue weighted by Gasteiger charge is -2.40. The number of aliphatic hydroxyl groups is 1. The van der Waals surface area contributed by atoms with Gasteiger partial charge in [-0.15, -0.1) is 0 Å². The van der Waals surface area contributed by atoms with Gasteiger partial charge in [-0.3, -0.25) is 9.89 Å². The van der Waals surface area contributed by atoms with E-state index in [1.165, 1.54) is 32.1 Å². The van der Waals surface area contributed by atoms with Gasteiger partial charge in [-0.05, 0) is 38.5 Å². The first kappa shape index (κ1) is 17.4. The number of aryl methyl sites for hydroxylation is 1. The largest absolute Gasteiger partial charge is 0.379 e. The minimum absolute atomic E-state index is 0.113. The highest BCUT2D eigenvalue weighted by Gasteiger charge is 2.42. The third-order valence-electron chi connectivity index (χ3n) is 5.25. The first-order chi connectivity index (χ1) is 11.6. The summed E-state index contributed by atoms with van der Waals surface area (Å²) >= 11 is 0. The summed E-state index contributed by atoms with van der Waals surface area (Å²) in [4.78, 5) is 18.9. The molecule has 2 aliphatic rings. The Morgan fingerprint density at radius 1 is 1.33 bits per heavy atom. The molecule has 1 saturated heterocycles. The molecule has 1 saturated carbocycles. The van der Waals surface area contributed by atoms with Gasteiger partial charge >= 0.3 is 0 Å². The molecular weight excluding hydrogens is 306 g/mol. The molecule has 7 heteroatoms. The van der Waals surface area contributed by atoms with Crippen LogP contribution in [0.25, 0.3) is 0 Å². The molecule has 1 aliphatic carbocycles. The highest BCUT2D eigenvalue weighted by molar-refractivity contribution is 5.86. The maximum atomic E-state index is 12.8. The summed E-state index contributed by atoms with van der Waals surface area (Å²) in [5.41, 5.74) is -1.29. The Labute approximate surface area is 143 Å². The predicted molar refractivity (Wildman–Crippen MR) is 90.2 cm³/mol. The summed E-state index contributed by atoms with van der Waals surface area (Å²) in [7, 11) is 0. The van der Waals surface area contributed by atoms with Crippen molar-refractivity contribution in [3.63, 3.8) is 0 Å². The molecule has 1 aromatic rings. The lowest BCUT2D eigenvalue weighted by molar-refractivity contribution is -0.157. The maximum absolute atomic E-state index is 12.8. The first-order valence-corrected chi connectivity index (χ1v) is 9.17. The van der Waals surface area contributed by atoms with Crippen molar-refractivity contribution in [3.8, 4) is 0 Å². The zero-order chi connectivity index (χ0) is 17.0. The molecular formula is C17H29N5O2. The van der Waals surface area contributed by atoms with E-state index >= 15 is 0 Å². The summed E-state index contributed by atoms with van der Waals surface area (Å²) in [6.45, 7) is 4.12. The molecule has 2 heterocycles. The van der Waals surface area contributed by atoms with Crippen LogP contribution in [0.5, 0.6) is 0 Å². The average molecular weight is 335 g/mol. The summed E-state index contributed by atoms with van der Waals surface area (Å²) in [6, 6.07) is 0. The Morgan fingerprint density at radius 2 is 2.12 bits per heavy atom. The van der Waals surface area contributed by atoms with Crippen LogP contribution in [0.1, 0.15) is 56.6 Å². The van der Waals surface area contributed by atoms with E-state index in [9.17, 15) is 9.90 Å². The number of nitrogens with one attached hydrogen (secondary N) is 2. The van der Waals surface area contributed by atoms with E-state index in [1.807, 2.05) is 11.8 Å². The van der Waals surface area contributed by atoms with Gasteiger partial charge in [0.25, 0.3) is 5.91 Å². The van der Waals surface area contributed by atoms with Gasteiger partial charge in [-0.25, -0.2) is 4.98 Å². The molecule has 2 fully saturated rings. The van der Waals surface area contributed by atoms with Crippen molar-refractivity contribution < 1.29 is 9.90 Å². The van der Waals surface area contributed by atoms with Crippen LogP contribution in [-0.2, 0) is 11.3 Å². The molecule has 1 aliphatic heterocycles. The molecule has 1 unspecified atom stereocenters. The van der Waals surface area contributed by atoms with E-state index in [0.29, 0.717) is 24.7 Å². The van der Waals surface area contributed by atoms with Crippen molar-refractivity contribution >= 4 is 5.91 Å². The van der Waals surface area contributed by atoms with Crippen LogP contribution < -0.4 is 5.32 Å². The lowest BCUT2D eigenvalue weighted by atomic mass is 9.86. The van der Waals surface area contributed by atoms with Crippen molar-refractivity contribution in [3.05, 3.63) is 11.6 Å². The van der Waals surface area contributed by atoms with Crippen molar-refractivity contribution in [2.45, 2.75) is 64.0 Å². The molecule has 3 rings (SSSR count). The van der Waals surface area contributed by atoms with E-state index in [2.05, 4.69) is 20.5 Å². The van der Waals surface area contributed by atoms with Gasteiger partial charge < -0.3 is 15.3 Å². The van der Waals surface area contributed by atoms with Gasteiger partial charge in [0.15, 0.2) is 11.4 Å². The molecule has 1 amide bonds. The van der Waals surface area contributed by atoms with Crippen LogP contribution in [0.4, 0.5) is 0 Å². The summed E-state index contributed by atoms with van der Waals surface area (Å²) in [6.07, 6.45) is 7.67. The van der Waals surface area contributed by atoms with Gasteiger partial charge in [0.2, 0.25) is 0 Å². The Bertz CT molecular complexity index is 555. The third-order valence-corrected chi connectivity index (χ3v) is 5.25. The number of aromatic amines is 1. The average Bonchev–Trinajstić information content (AvgIpc) is 2.98. The second-order valence-corrected chi connectivity index (χ2v) is 7.33. The van der Waals surface area contributed by atoms with Crippen molar-refractivity contribution in [2.24, 2.45) is 5.92 Å². The lowest BCUT2D eigenvalue weighted by Crippen LogP contribution is -2.58. The number of rotatable bonds is 6. The van der Waals surface area contributed by atoms with Crippen LogP contribution in [0, 0.1) is 12.8 Å². The fourth-order valence-corrected chi connectivity index (χ4v) is 3.93. The standard InChI is InChI=1S/C17H29N5O2/c1-13-19-15(21-20-13)10-18-12-17(24)8-5-9-22(16(17)23)11-14-6-3-2-4-7-14/h14,18,24H,2-12H2,1H3,(H,19,20,21). The van der Waals surface area contributed by atoms with Crippen LogP contribution in [-0.4, -0.2) is 56.3 Å². The van der Waals surface area contributed by atoms with Gasteiger partial charge in [-0.2, -0.15) is 5.10 Å². The topological polar surface area (TPSA) is 94.1 Å². The normalized spacial score (nSPS) is 26.1. The maximum Gasteiger partial charge on any atom is 0.255 e.